The third-order valence-corrected chi connectivity index (χ3v) is 7.18. The zero-order valence-electron chi connectivity index (χ0n) is 14.8. The zero-order chi connectivity index (χ0) is 18.9. The molecule has 0 bridgehead atoms. The minimum atomic E-state index is -3.99. The zero-order valence-corrected chi connectivity index (χ0v) is 15.6. The van der Waals surface area contributed by atoms with Crippen LogP contribution < -0.4 is 0 Å². The van der Waals surface area contributed by atoms with Gasteiger partial charge in [-0.3, -0.25) is 14.9 Å². The van der Waals surface area contributed by atoms with Crippen LogP contribution in [-0.4, -0.2) is 54.1 Å². The molecule has 1 amide bonds. The quantitative estimate of drug-likeness (QED) is 0.587. The highest BCUT2D eigenvalue weighted by Gasteiger charge is 2.40. The maximum atomic E-state index is 13.2. The normalized spacial score (nSPS) is 21.7. The third kappa shape index (κ3) is 3.45. The van der Waals surface area contributed by atoms with Gasteiger partial charge in [0.05, 0.1) is 9.82 Å². The van der Waals surface area contributed by atoms with Gasteiger partial charge in [0.1, 0.15) is 6.04 Å². The summed E-state index contributed by atoms with van der Waals surface area (Å²) in [5.74, 6) is -0.145. The van der Waals surface area contributed by atoms with Crippen molar-refractivity contribution in [3.8, 4) is 0 Å². The molecule has 142 valence electrons. The molecule has 2 aliphatic heterocycles. The predicted molar refractivity (Wildman–Crippen MR) is 95.2 cm³/mol. The largest absolute Gasteiger partial charge is 0.341 e. The van der Waals surface area contributed by atoms with E-state index < -0.39 is 21.0 Å². The maximum Gasteiger partial charge on any atom is 0.270 e. The number of rotatable bonds is 4. The summed E-state index contributed by atoms with van der Waals surface area (Å²) in [6.07, 6.45) is 3.84. The van der Waals surface area contributed by atoms with Gasteiger partial charge < -0.3 is 4.90 Å². The number of aryl methyl sites for hydroxylation is 1. The Morgan fingerprint density at radius 2 is 1.81 bits per heavy atom. The first kappa shape index (κ1) is 18.8. The Balaban J connectivity index is 1.97. The van der Waals surface area contributed by atoms with Gasteiger partial charge in [0.25, 0.3) is 5.69 Å². The molecule has 0 radical (unpaired) electrons. The Morgan fingerprint density at radius 1 is 1.15 bits per heavy atom. The number of nitrogens with zero attached hydrogens (tertiary/aromatic N) is 3. The number of carbonyl (C=O) groups is 1. The van der Waals surface area contributed by atoms with Crippen LogP contribution in [0, 0.1) is 17.0 Å². The molecular formula is C17H23N3O5S. The summed E-state index contributed by atoms with van der Waals surface area (Å²) >= 11 is 0. The van der Waals surface area contributed by atoms with Crippen molar-refractivity contribution in [1.82, 2.24) is 9.21 Å². The minimum Gasteiger partial charge on any atom is -0.341 e. The molecule has 2 aliphatic rings. The third-order valence-electron chi connectivity index (χ3n) is 5.13. The van der Waals surface area contributed by atoms with E-state index in [0.717, 1.165) is 25.3 Å². The lowest BCUT2D eigenvalue weighted by molar-refractivity contribution is -0.385. The van der Waals surface area contributed by atoms with Gasteiger partial charge in [-0.1, -0.05) is 12.5 Å². The van der Waals surface area contributed by atoms with Gasteiger partial charge in [0, 0.05) is 31.8 Å². The van der Waals surface area contributed by atoms with Crippen LogP contribution in [0.3, 0.4) is 0 Å². The maximum absolute atomic E-state index is 13.2. The molecular weight excluding hydrogens is 358 g/mol. The molecule has 0 aromatic heterocycles. The number of benzene rings is 1. The van der Waals surface area contributed by atoms with Crippen molar-refractivity contribution < 1.29 is 18.1 Å². The van der Waals surface area contributed by atoms with Crippen molar-refractivity contribution in [2.24, 2.45) is 0 Å². The van der Waals surface area contributed by atoms with E-state index in [-0.39, 0.29) is 23.0 Å². The Morgan fingerprint density at radius 3 is 2.46 bits per heavy atom. The molecule has 0 saturated carbocycles. The molecule has 26 heavy (non-hydrogen) atoms. The lowest BCUT2D eigenvalue weighted by Crippen LogP contribution is -2.52. The Bertz CT molecular complexity index is 818. The summed E-state index contributed by atoms with van der Waals surface area (Å²) in [6, 6.07) is 3.10. The average Bonchev–Trinajstić information content (AvgIpc) is 3.15. The smallest absolute Gasteiger partial charge is 0.270 e. The van der Waals surface area contributed by atoms with Crippen LogP contribution in [-0.2, 0) is 14.8 Å². The van der Waals surface area contributed by atoms with E-state index in [2.05, 4.69) is 0 Å². The van der Waals surface area contributed by atoms with Crippen LogP contribution in [0.2, 0.25) is 0 Å². The van der Waals surface area contributed by atoms with Gasteiger partial charge >= 0.3 is 0 Å². The first-order valence-corrected chi connectivity index (χ1v) is 10.3. The van der Waals surface area contributed by atoms with Gasteiger partial charge in [-0.2, -0.15) is 4.31 Å². The number of amides is 1. The molecule has 1 aromatic rings. The summed E-state index contributed by atoms with van der Waals surface area (Å²) in [7, 11) is -3.99. The number of carbonyl (C=O) groups excluding carboxylic acids is 1. The number of hydrogen-bond acceptors (Lipinski definition) is 5. The van der Waals surface area contributed by atoms with Crippen LogP contribution in [0.5, 0.6) is 0 Å². The number of nitro benzene ring substituents is 1. The van der Waals surface area contributed by atoms with E-state index in [9.17, 15) is 23.3 Å². The summed E-state index contributed by atoms with van der Waals surface area (Å²) in [5, 5.41) is 11.1. The summed E-state index contributed by atoms with van der Waals surface area (Å²) in [5.41, 5.74) is 0.169. The van der Waals surface area contributed by atoms with Gasteiger partial charge in [0.2, 0.25) is 15.9 Å². The summed E-state index contributed by atoms with van der Waals surface area (Å²) < 4.78 is 27.7. The lowest BCUT2D eigenvalue weighted by atomic mass is 10.0. The molecule has 0 N–H and O–H groups in total. The number of nitro groups is 1. The molecule has 2 saturated heterocycles. The van der Waals surface area contributed by atoms with Gasteiger partial charge in [-0.15, -0.1) is 0 Å². The predicted octanol–water partition coefficient (Wildman–Crippen LogP) is 2.07. The van der Waals surface area contributed by atoms with Gasteiger partial charge in [0.15, 0.2) is 0 Å². The molecule has 0 spiro atoms. The number of likely N-dealkylation sites (tertiary alicyclic amines) is 1. The molecule has 1 atom stereocenters. The molecule has 1 unspecified atom stereocenters. The molecule has 8 nitrogen and oxygen atoms in total. The lowest BCUT2D eigenvalue weighted by Gasteiger charge is -2.36. The fourth-order valence-electron chi connectivity index (χ4n) is 3.69. The summed E-state index contributed by atoms with van der Waals surface area (Å²) in [6.45, 7) is 3.20. The second-order valence-electron chi connectivity index (χ2n) is 6.87. The van der Waals surface area contributed by atoms with E-state index in [1.54, 1.807) is 11.8 Å². The highest BCUT2D eigenvalue weighted by Crippen LogP contribution is 2.30. The second kappa shape index (κ2) is 7.32. The van der Waals surface area contributed by atoms with Crippen molar-refractivity contribution in [1.29, 1.82) is 0 Å². The molecule has 0 aliphatic carbocycles. The van der Waals surface area contributed by atoms with E-state index in [1.165, 1.54) is 16.4 Å². The van der Waals surface area contributed by atoms with E-state index >= 15 is 0 Å². The van der Waals surface area contributed by atoms with Crippen LogP contribution in [0.4, 0.5) is 5.69 Å². The monoisotopic (exact) mass is 381 g/mol. The second-order valence-corrected chi connectivity index (χ2v) is 8.73. The van der Waals surface area contributed by atoms with Crippen LogP contribution in [0.25, 0.3) is 0 Å². The fraction of sp³-hybridized carbons (Fsp3) is 0.588. The number of hydrogen-bond donors (Lipinski definition) is 0. The highest BCUT2D eigenvalue weighted by atomic mass is 32.2. The Hall–Kier alpha value is -2.00. The number of piperidine rings is 1. The molecule has 2 fully saturated rings. The SMILES string of the molecule is Cc1ccc([N+](=O)[O-])cc1S(=O)(=O)N1CCCCC1C(=O)N1CCCC1. The van der Waals surface area contributed by atoms with Crippen molar-refractivity contribution in [2.45, 2.75) is 50.0 Å². The van der Waals surface area contributed by atoms with Crippen molar-refractivity contribution >= 4 is 21.6 Å². The molecule has 3 rings (SSSR count). The summed E-state index contributed by atoms with van der Waals surface area (Å²) in [4.78, 5) is 24.9. The van der Waals surface area contributed by atoms with Crippen LogP contribution in [0.15, 0.2) is 23.1 Å². The minimum absolute atomic E-state index is 0.0900. The Kier molecular flexibility index (Phi) is 5.29. The Labute approximate surface area is 153 Å². The van der Waals surface area contributed by atoms with Gasteiger partial charge in [-0.05, 0) is 38.2 Å². The average molecular weight is 381 g/mol. The molecule has 1 aromatic carbocycles. The topological polar surface area (TPSA) is 101 Å². The van der Waals surface area contributed by atoms with Crippen molar-refractivity contribution in [3.63, 3.8) is 0 Å². The van der Waals surface area contributed by atoms with Crippen molar-refractivity contribution in [2.75, 3.05) is 19.6 Å². The first-order valence-electron chi connectivity index (χ1n) is 8.88. The highest BCUT2D eigenvalue weighted by molar-refractivity contribution is 7.89. The number of non-ortho nitro benzene ring substituents is 1. The van der Waals surface area contributed by atoms with E-state index in [0.29, 0.717) is 31.5 Å². The standard InChI is InChI=1S/C17H23N3O5S/c1-13-7-8-14(20(22)23)12-16(13)26(24,25)19-11-3-2-6-15(19)17(21)18-9-4-5-10-18/h7-8,12,15H,2-6,9-11H2,1H3. The van der Waals surface area contributed by atoms with Crippen LogP contribution >= 0.6 is 0 Å². The first-order chi connectivity index (χ1) is 12.3. The molecule has 2 heterocycles. The van der Waals surface area contributed by atoms with Gasteiger partial charge in [-0.25, -0.2) is 8.42 Å². The van der Waals surface area contributed by atoms with Crippen LogP contribution in [0.1, 0.15) is 37.7 Å². The van der Waals surface area contributed by atoms with E-state index in [4.69, 9.17) is 0 Å². The van der Waals surface area contributed by atoms with E-state index in [1.807, 2.05) is 0 Å². The fourth-order valence-corrected chi connectivity index (χ4v) is 5.59. The molecule has 9 heteroatoms. The number of sulfonamides is 1. The van der Waals surface area contributed by atoms with Crippen molar-refractivity contribution in [3.05, 3.63) is 33.9 Å².